The largest absolute Gasteiger partial charge is 0.299 e. The number of hydrogen-bond donors (Lipinski definition) is 0. The van der Waals surface area contributed by atoms with Gasteiger partial charge in [-0.15, -0.1) is 0 Å². The van der Waals surface area contributed by atoms with Gasteiger partial charge < -0.3 is 0 Å². The zero-order valence-electron chi connectivity index (χ0n) is 8.12. The maximum Gasteiger partial charge on any atom is 0.148 e. The fourth-order valence-corrected chi connectivity index (χ4v) is 1.94. The Balaban J connectivity index is 2.36. The van der Waals surface area contributed by atoms with Crippen LogP contribution >= 0.6 is 0 Å². The standard InChI is InChI=1S/C12H12O2/c1-8(13)11-6-9-4-2-3-5-10(9)7-12(11)14/h2-5,11H,6-7H2,1H3/t11-/m0/s1. The molecular weight excluding hydrogens is 176 g/mol. The molecule has 0 fully saturated rings. The summed E-state index contributed by atoms with van der Waals surface area (Å²) >= 11 is 0. The van der Waals surface area contributed by atoms with E-state index < -0.39 is 5.92 Å². The molecule has 1 aromatic carbocycles. The monoisotopic (exact) mass is 188 g/mol. The fraction of sp³-hybridized carbons (Fsp3) is 0.333. The first-order valence-electron chi connectivity index (χ1n) is 4.78. The molecule has 0 saturated carbocycles. The minimum atomic E-state index is -0.398. The maximum atomic E-state index is 11.6. The molecule has 0 bridgehead atoms. The van der Waals surface area contributed by atoms with E-state index in [1.165, 1.54) is 6.92 Å². The Labute approximate surface area is 82.9 Å². The minimum Gasteiger partial charge on any atom is -0.299 e. The van der Waals surface area contributed by atoms with E-state index in [2.05, 4.69) is 0 Å². The summed E-state index contributed by atoms with van der Waals surface area (Å²) in [6, 6.07) is 7.84. The molecule has 1 aliphatic rings. The third kappa shape index (κ3) is 1.48. The normalized spacial score (nSPS) is 20.4. The summed E-state index contributed by atoms with van der Waals surface area (Å²) in [6.07, 6.45) is 1.00. The fourth-order valence-electron chi connectivity index (χ4n) is 1.94. The molecule has 0 spiro atoms. The highest BCUT2D eigenvalue weighted by Gasteiger charge is 2.28. The Bertz CT molecular complexity index is 393. The van der Waals surface area contributed by atoms with Gasteiger partial charge in [-0.25, -0.2) is 0 Å². The van der Waals surface area contributed by atoms with Crippen molar-refractivity contribution in [1.29, 1.82) is 0 Å². The van der Waals surface area contributed by atoms with E-state index >= 15 is 0 Å². The molecular formula is C12H12O2. The van der Waals surface area contributed by atoms with Crippen LogP contribution in [0.2, 0.25) is 0 Å². The van der Waals surface area contributed by atoms with E-state index in [-0.39, 0.29) is 11.6 Å². The SMILES string of the molecule is CC(=O)[C@@H]1Cc2ccccc2CC1=O. The van der Waals surface area contributed by atoms with Crippen LogP contribution in [0.5, 0.6) is 0 Å². The number of Topliss-reactive ketones (excluding diaryl/α,β-unsaturated/α-hetero) is 2. The Kier molecular flexibility index (Phi) is 2.20. The van der Waals surface area contributed by atoms with Crippen LogP contribution in [0.4, 0.5) is 0 Å². The molecule has 2 heteroatoms. The van der Waals surface area contributed by atoms with Crippen LogP contribution < -0.4 is 0 Å². The van der Waals surface area contributed by atoms with Crippen molar-refractivity contribution in [2.24, 2.45) is 5.92 Å². The van der Waals surface area contributed by atoms with Crippen molar-refractivity contribution < 1.29 is 9.59 Å². The number of fused-ring (bicyclic) bond motifs is 1. The van der Waals surface area contributed by atoms with Crippen LogP contribution in [0.15, 0.2) is 24.3 Å². The van der Waals surface area contributed by atoms with Gasteiger partial charge in [0.15, 0.2) is 0 Å². The molecule has 0 aromatic heterocycles. The van der Waals surface area contributed by atoms with Crippen molar-refractivity contribution in [1.82, 2.24) is 0 Å². The molecule has 0 saturated heterocycles. The summed E-state index contributed by atoms with van der Waals surface area (Å²) < 4.78 is 0. The Morgan fingerprint density at radius 2 is 1.93 bits per heavy atom. The van der Waals surface area contributed by atoms with Gasteiger partial charge >= 0.3 is 0 Å². The lowest BCUT2D eigenvalue weighted by Crippen LogP contribution is -2.30. The van der Waals surface area contributed by atoms with Gasteiger partial charge in [0.05, 0.1) is 5.92 Å². The van der Waals surface area contributed by atoms with Crippen molar-refractivity contribution in [3.05, 3.63) is 35.4 Å². The summed E-state index contributed by atoms with van der Waals surface area (Å²) in [7, 11) is 0. The van der Waals surface area contributed by atoms with Crippen molar-refractivity contribution >= 4 is 11.6 Å². The molecule has 2 rings (SSSR count). The predicted molar refractivity (Wildman–Crippen MR) is 53.0 cm³/mol. The summed E-state index contributed by atoms with van der Waals surface area (Å²) in [5.41, 5.74) is 2.22. The van der Waals surface area contributed by atoms with Crippen LogP contribution in [0.3, 0.4) is 0 Å². The molecule has 2 nitrogen and oxygen atoms in total. The number of ketones is 2. The van der Waals surface area contributed by atoms with E-state index in [9.17, 15) is 9.59 Å². The lowest BCUT2D eigenvalue weighted by Gasteiger charge is -2.21. The summed E-state index contributed by atoms with van der Waals surface area (Å²) in [5.74, 6) is -0.342. The first-order chi connectivity index (χ1) is 6.68. The Morgan fingerprint density at radius 3 is 2.57 bits per heavy atom. The average molecular weight is 188 g/mol. The molecule has 0 heterocycles. The third-order valence-electron chi connectivity index (χ3n) is 2.79. The second-order valence-electron chi connectivity index (χ2n) is 3.78. The van der Waals surface area contributed by atoms with Gasteiger partial charge in [-0.1, -0.05) is 24.3 Å². The number of benzene rings is 1. The van der Waals surface area contributed by atoms with E-state index in [0.717, 1.165) is 11.1 Å². The number of carbonyl (C=O) groups is 2. The first kappa shape index (κ1) is 9.13. The maximum absolute atomic E-state index is 11.6. The Hall–Kier alpha value is -1.44. The minimum absolute atomic E-state index is 0.00972. The molecule has 1 atom stereocenters. The summed E-state index contributed by atoms with van der Waals surface area (Å²) in [5, 5.41) is 0. The molecule has 0 unspecified atom stereocenters. The van der Waals surface area contributed by atoms with Crippen molar-refractivity contribution in [3.8, 4) is 0 Å². The van der Waals surface area contributed by atoms with E-state index in [4.69, 9.17) is 0 Å². The molecule has 0 radical (unpaired) electrons. The molecule has 1 aliphatic carbocycles. The second-order valence-corrected chi connectivity index (χ2v) is 3.78. The van der Waals surface area contributed by atoms with Crippen molar-refractivity contribution in [2.75, 3.05) is 0 Å². The third-order valence-corrected chi connectivity index (χ3v) is 2.79. The second kappa shape index (κ2) is 3.37. The van der Waals surface area contributed by atoms with Gasteiger partial charge in [-0.05, 0) is 24.5 Å². The number of carbonyl (C=O) groups excluding carboxylic acids is 2. The molecule has 1 aromatic rings. The zero-order chi connectivity index (χ0) is 10.1. The predicted octanol–water partition coefficient (Wildman–Crippen LogP) is 1.56. The number of rotatable bonds is 1. The topological polar surface area (TPSA) is 34.1 Å². The van der Waals surface area contributed by atoms with Gasteiger partial charge in [0.2, 0.25) is 0 Å². The Morgan fingerprint density at radius 1 is 1.29 bits per heavy atom. The van der Waals surface area contributed by atoms with Crippen LogP contribution in [0, 0.1) is 5.92 Å². The van der Waals surface area contributed by atoms with Crippen LogP contribution in [0.1, 0.15) is 18.1 Å². The summed E-state index contributed by atoms with van der Waals surface area (Å²) in [6.45, 7) is 1.50. The van der Waals surface area contributed by atoms with E-state index in [0.29, 0.717) is 12.8 Å². The van der Waals surface area contributed by atoms with E-state index in [1.807, 2.05) is 24.3 Å². The van der Waals surface area contributed by atoms with Crippen molar-refractivity contribution in [3.63, 3.8) is 0 Å². The molecule has 14 heavy (non-hydrogen) atoms. The highest BCUT2D eigenvalue weighted by atomic mass is 16.1. The van der Waals surface area contributed by atoms with Gasteiger partial charge in [-0.2, -0.15) is 0 Å². The van der Waals surface area contributed by atoms with E-state index in [1.54, 1.807) is 0 Å². The molecule has 0 aliphatic heterocycles. The molecule has 72 valence electrons. The zero-order valence-corrected chi connectivity index (χ0v) is 8.12. The molecule has 0 N–H and O–H groups in total. The van der Waals surface area contributed by atoms with Crippen LogP contribution in [0.25, 0.3) is 0 Å². The lowest BCUT2D eigenvalue weighted by molar-refractivity contribution is -0.131. The average Bonchev–Trinajstić information content (AvgIpc) is 2.16. The lowest BCUT2D eigenvalue weighted by atomic mass is 9.81. The molecule has 0 amide bonds. The van der Waals surface area contributed by atoms with Crippen LogP contribution in [-0.4, -0.2) is 11.6 Å². The first-order valence-corrected chi connectivity index (χ1v) is 4.78. The van der Waals surface area contributed by atoms with Crippen molar-refractivity contribution in [2.45, 2.75) is 19.8 Å². The van der Waals surface area contributed by atoms with Gasteiger partial charge in [0.1, 0.15) is 11.6 Å². The smallest absolute Gasteiger partial charge is 0.148 e. The van der Waals surface area contributed by atoms with Gasteiger partial charge in [0.25, 0.3) is 0 Å². The van der Waals surface area contributed by atoms with Crippen LogP contribution in [-0.2, 0) is 22.4 Å². The van der Waals surface area contributed by atoms with Gasteiger partial charge in [-0.3, -0.25) is 9.59 Å². The number of hydrogen-bond acceptors (Lipinski definition) is 2. The highest BCUT2D eigenvalue weighted by molar-refractivity contribution is 6.03. The highest BCUT2D eigenvalue weighted by Crippen LogP contribution is 2.23. The quantitative estimate of drug-likeness (QED) is 0.627. The summed E-state index contributed by atoms with van der Waals surface area (Å²) in [4.78, 5) is 22.8. The van der Waals surface area contributed by atoms with Gasteiger partial charge in [0, 0.05) is 6.42 Å².